The van der Waals surface area contributed by atoms with Gasteiger partial charge in [0.1, 0.15) is 0 Å². The Balaban J connectivity index is 2.41. The summed E-state index contributed by atoms with van der Waals surface area (Å²) in [4.78, 5) is 0. The third-order valence-corrected chi connectivity index (χ3v) is 3.48. The van der Waals surface area contributed by atoms with Crippen LogP contribution in [0.25, 0.3) is 0 Å². The molecule has 1 heterocycles. The van der Waals surface area contributed by atoms with E-state index in [0.29, 0.717) is 12.6 Å². The zero-order chi connectivity index (χ0) is 11.3. The van der Waals surface area contributed by atoms with Crippen molar-refractivity contribution in [3.8, 4) is 0 Å². The topological polar surface area (TPSA) is 41.5 Å². The van der Waals surface area contributed by atoms with Gasteiger partial charge >= 0.3 is 0 Å². The van der Waals surface area contributed by atoms with E-state index in [2.05, 4.69) is 19.2 Å². The summed E-state index contributed by atoms with van der Waals surface area (Å²) in [5.74, 6) is 0. The first kappa shape index (κ1) is 12.9. The highest BCUT2D eigenvalue weighted by molar-refractivity contribution is 4.88. The van der Waals surface area contributed by atoms with Gasteiger partial charge in [-0.3, -0.25) is 0 Å². The smallest absolute Gasteiger partial charge is 0.0692 e. The summed E-state index contributed by atoms with van der Waals surface area (Å²) in [5, 5.41) is 12.6. The SMILES string of the molecule is CCC1(CC)CC(NC[C@H](C)O)CCO1. The monoisotopic (exact) mass is 215 g/mol. The second-order valence-electron chi connectivity index (χ2n) is 4.69. The molecule has 2 N–H and O–H groups in total. The maximum Gasteiger partial charge on any atom is 0.0692 e. The van der Waals surface area contributed by atoms with Crippen molar-refractivity contribution in [1.82, 2.24) is 5.32 Å². The van der Waals surface area contributed by atoms with Crippen molar-refractivity contribution in [2.45, 2.75) is 64.2 Å². The van der Waals surface area contributed by atoms with Crippen molar-refractivity contribution in [2.75, 3.05) is 13.2 Å². The molecule has 0 amide bonds. The van der Waals surface area contributed by atoms with E-state index in [4.69, 9.17) is 4.74 Å². The van der Waals surface area contributed by atoms with Crippen LogP contribution in [0.2, 0.25) is 0 Å². The highest BCUT2D eigenvalue weighted by Gasteiger charge is 2.34. The van der Waals surface area contributed by atoms with Gasteiger partial charge in [0.25, 0.3) is 0 Å². The van der Waals surface area contributed by atoms with Crippen LogP contribution in [0.1, 0.15) is 46.5 Å². The zero-order valence-electron chi connectivity index (χ0n) is 10.3. The molecule has 0 saturated carbocycles. The number of aliphatic hydroxyl groups excluding tert-OH is 1. The molecule has 3 heteroatoms. The second kappa shape index (κ2) is 5.83. The summed E-state index contributed by atoms with van der Waals surface area (Å²) < 4.78 is 5.90. The van der Waals surface area contributed by atoms with Crippen molar-refractivity contribution in [1.29, 1.82) is 0 Å². The van der Waals surface area contributed by atoms with Gasteiger partial charge in [0, 0.05) is 19.2 Å². The van der Waals surface area contributed by atoms with Gasteiger partial charge in [-0.25, -0.2) is 0 Å². The van der Waals surface area contributed by atoms with Gasteiger partial charge in [0.15, 0.2) is 0 Å². The Labute approximate surface area is 93.2 Å². The fourth-order valence-corrected chi connectivity index (χ4v) is 2.28. The minimum absolute atomic E-state index is 0.0780. The van der Waals surface area contributed by atoms with Gasteiger partial charge in [0.05, 0.1) is 11.7 Å². The lowest BCUT2D eigenvalue weighted by atomic mass is 9.86. The Bertz CT molecular complexity index is 178. The van der Waals surface area contributed by atoms with Crippen molar-refractivity contribution in [3.05, 3.63) is 0 Å². The molecule has 0 aliphatic carbocycles. The largest absolute Gasteiger partial charge is 0.392 e. The van der Waals surface area contributed by atoms with E-state index >= 15 is 0 Å². The number of rotatable bonds is 5. The van der Waals surface area contributed by atoms with Gasteiger partial charge < -0.3 is 15.2 Å². The van der Waals surface area contributed by atoms with E-state index in [1.54, 1.807) is 0 Å². The van der Waals surface area contributed by atoms with Crippen LogP contribution >= 0.6 is 0 Å². The maximum absolute atomic E-state index is 9.23. The summed E-state index contributed by atoms with van der Waals surface area (Å²) in [6, 6.07) is 0.508. The Morgan fingerprint density at radius 3 is 2.67 bits per heavy atom. The van der Waals surface area contributed by atoms with Gasteiger partial charge in [-0.05, 0) is 32.6 Å². The van der Waals surface area contributed by atoms with Gasteiger partial charge in [-0.1, -0.05) is 13.8 Å². The minimum Gasteiger partial charge on any atom is -0.392 e. The van der Waals surface area contributed by atoms with Crippen LogP contribution in [0, 0.1) is 0 Å². The van der Waals surface area contributed by atoms with E-state index in [-0.39, 0.29) is 11.7 Å². The third-order valence-electron chi connectivity index (χ3n) is 3.48. The van der Waals surface area contributed by atoms with E-state index in [9.17, 15) is 5.11 Å². The van der Waals surface area contributed by atoms with Gasteiger partial charge in [-0.15, -0.1) is 0 Å². The molecule has 0 aromatic carbocycles. The Hall–Kier alpha value is -0.120. The van der Waals surface area contributed by atoms with Crippen LogP contribution in [0.4, 0.5) is 0 Å². The molecule has 1 unspecified atom stereocenters. The molecule has 90 valence electrons. The number of aliphatic hydroxyl groups is 1. The number of hydrogen-bond acceptors (Lipinski definition) is 3. The Morgan fingerprint density at radius 1 is 1.47 bits per heavy atom. The lowest BCUT2D eigenvalue weighted by Crippen LogP contribution is -2.47. The van der Waals surface area contributed by atoms with Crippen LogP contribution in [-0.2, 0) is 4.74 Å². The summed E-state index contributed by atoms with van der Waals surface area (Å²) in [7, 11) is 0. The molecule has 1 fully saturated rings. The molecule has 0 radical (unpaired) electrons. The number of hydrogen-bond donors (Lipinski definition) is 2. The highest BCUT2D eigenvalue weighted by atomic mass is 16.5. The van der Waals surface area contributed by atoms with Crippen LogP contribution < -0.4 is 5.32 Å². The molecule has 1 aliphatic heterocycles. The second-order valence-corrected chi connectivity index (χ2v) is 4.69. The summed E-state index contributed by atoms with van der Waals surface area (Å²) >= 11 is 0. The minimum atomic E-state index is -0.259. The predicted molar refractivity (Wildman–Crippen MR) is 62.0 cm³/mol. The predicted octanol–water partition coefficient (Wildman–Crippen LogP) is 1.69. The van der Waals surface area contributed by atoms with Crippen molar-refractivity contribution < 1.29 is 9.84 Å². The molecule has 1 saturated heterocycles. The van der Waals surface area contributed by atoms with Crippen LogP contribution in [0.3, 0.4) is 0 Å². The Kier molecular flexibility index (Phi) is 5.03. The first-order chi connectivity index (χ1) is 7.12. The lowest BCUT2D eigenvalue weighted by molar-refractivity contribution is -0.0936. The zero-order valence-corrected chi connectivity index (χ0v) is 10.3. The van der Waals surface area contributed by atoms with Crippen LogP contribution in [0.15, 0.2) is 0 Å². The van der Waals surface area contributed by atoms with Crippen LogP contribution in [0.5, 0.6) is 0 Å². The average molecular weight is 215 g/mol. The summed E-state index contributed by atoms with van der Waals surface area (Å²) in [6.07, 6.45) is 4.04. The number of nitrogens with one attached hydrogen (secondary N) is 1. The molecule has 15 heavy (non-hydrogen) atoms. The van der Waals surface area contributed by atoms with E-state index in [1.807, 2.05) is 6.92 Å². The van der Waals surface area contributed by atoms with E-state index in [0.717, 1.165) is 32.3 Å². The molecule has 3 nitrogen and oxygen atoms in total. The van der Waals surface area contributed by atoms with Crippen molar-refractivity contribution >= 4 is 0 Å². The fraction of sp³-hybridized carbons (Fsp3) is 1.00. The molecule has 0 spiro atoms. The molecule has 2 atom stereocenters. The summed E-state index contributed by atoms with van der Waals surface area (Å²) in [6.45, 7) is 7.74. The van der Waals surface area contributed by atoms with Gasteiger partial charge in [-0.2, -0.15) is 0 Å². The summed E-state index contributed by atoms with van der Waals surface area (Å²) in [5.41, 5.74) is 0.0780. The van der Waals surface area contributed by atoms with Crippen molar-refractivity contribution in [3.63, 3.8) is 0 Å². The van der Waals surface area contributed by atoms with E-state index < -0.39 is 0 Å². The first-order valence-electron chi connectivity index (χ1n) is 6.17. The average Bonchev–Trinajstić information content (AvgIpc) is 2.26. The quantitative estimate of drug-likeness (QED) is 0.733. The molecule has 1 aliphatic rings. The molecule has 0 bridgehead atoms. The van der Waals surface area contributed by atoms with E-state index in [1.165, 1.54) is 0 Å². The Morgan fingerprint density at radius 2 is 2.13 bits per heavy atom. The van der Waals surface area contributed by atoms with Crippen LogP contribution in [-0.4, -0.2) is 36.0 Å². The normalized spacial score (nSPS) is 27.6. The first-order valence-corrected chi connectivity index (χ1v) is 6.17. The number of ether oxygens (including phenoxy) is 1. The standard InChI is InChI=1S/C12H25NO2/c1-4-12(5-2)8-11(6-7-15-12)13-9-10(3)14/h10-11,13-14H,4-9H2,1-3H3/t10-,11?/m0/s1. The molecule has 0 aromatic rings. The highest BCUT2D eigenvalue weighted by Crippen LogP contribution is 2.31. The molecular weight excluding hydrogens is 190 g/mol. The van der Waals surface area contributed by atoms with Gasteiger partial charge in [0.2, 0.25) is 0 Å². The maximum atomic E-state index is 9.23. The fourth-order valence-electron chi connectivity index (χ4n) is 2.28. The molecule has 0 aromatic heterocycles. The molecular formula is C12H25NO2. The van der Waals surface area contributed by atoms with Crippen molar-refractivity contribution in [2.24, 2.45) is 0 Å². The third kappa shape index (κ3) is 3.74. The lowest BCUT2D eigenvalue weighted by Gasteiger charge is -2.40. The molecule has 1 rings (SSSR count).